The molecule has 1 aromatic rings. The van der Waals surface area contributed by atoms with Crippen molar-refractivity contribution in [3.63, 3.8) is 0 Å². The molecule has 4 fully saturated rings. The van der Waals surface area contributed by atoms with Crippen molar-refractivity contribution >= 4 is 0 Å². The van der Waals surface area contributed by atoms with Crippen LogP contribution in [0.5, 0.6) is 0 Å². The molecule has 4 aliphatic carbocycles. The molecule has 4 bridgehead atoms. The van der Waals surface area contributed by atoms with Crippen LogP contribution in [0.15, 0.2) is 6.07 Å². The standard InChI is InChI=1S/C15H22N2/c1-10-3-14(17(2)16-10)15-7-11-4-12(8-15)6-13(5-11)9-15/h3,11-13H,4-9H2,1-2H3. The molecule has 1 heterocycles. The third kappa shape index (κ3) is 1.36. The van der Waals surface area contributed by atoms with Crippen LogP contribution in [0.25, 0.3) is 0 Å². The van der Waals surface area contributed by atoms with Crippen molar-refractivity contribution in [3.8, 4) is 0 Å². The van der Waals surface area contributed by atoms with Gasteiger partial charge in [0.15, 0.2) is 0 Å². The highest BCUT2D eigenvalue weighted by molar-refractivity contribution is 5.25. The van der Waals surface area contributed by atoms with Gasteiger partial charge in [0.1, 0.15) is 0 Å². The van der Waals surface area contributed by atoms with E-state index in [-0.39, 0.29) is 0 Å². The molecule has 0 atom stereocenters. The molecule has 2 heteroatoms. The zero-order chi connectivity index (χ0) is 11.6. The van der Waals surface area contributed by atoms with Gasteiger partial charge in [0.25, 0.3) is 0 Å². The number of aryl methyl sites for hydroxylation is 2. The van der Waals surface area contributed by atoms with Crippen molar-refractivity contribution < 1.29 is 0 Å². The van der Waals surface area contributed by atoms with Crippen LogP contribution in [0.4, 0.5) is 0 Å². The lowest BCUT2D eigenvalue weighted by atomic mass is 9.49. The van der Waals surface area contributed by atoms with Crippen molar-refractivity contribution in [1.29, 1.82) is 0 Å². The first kappa shape index (κ1) is 10.2. The van der Waals surface area contributed by atoms with Crippen molar-refractivity contribution in [2.75, 3.05) is 0 Å². The molecule has 2 nitrogen and oxygen atoms in total. The average Bonchev–Trinajstić information content (AvgIpc) is 2.56. The Labute approximate surface area is 103 Å². The van der Waals surface area contributed by atoms with Gasteiger partial charge in [-0.15, -0.1) is 0 Å². The van der Waals surface area contributed by atoms with Crippen LogP contribution in [0.3, 0.4) is 0 Å². The van der Waals surface area contributed by atoms with Gasteiger partial charge in [0.2, 0.25) is 0 Å². The summed E-state index contributed by atoms with van der Waals surface area (Å²) in [7, 11) is 2.14. The molecular formula is C15H22N2. The molecule has 92 valence electrons. The fraction of sp³-hybridized carbons (Fsp3) is 0.800. The molecule has 0 unspecified atom stereocenters. The number of nitrogens with zero attached hydrogens (tertiary/aromatic N) is 2. The normalized spacial score (nSPS) is 43.3. The lowest BCUT2D eigenvalue weighted by Crippen LogP contribution is -2.49. The zero-order valence-electron chi connectivity index (χ0n) is 10.9. The molecule has 0 aliphatic heterocycles. The van der Waals surface area contributed by atoms with E-state index < -0.39 is 0 Å². The lowest BCUT2D eigenvalue weighted by Gasteiger charge is -2.56. The summed E-state index contributed by atoms with van der Waals surface area (Å²) in [6.07, 6.45) is 8.90. The summed E-state index contributed by atoms with van der Waals surface area (Å²) in [5.74, 6) is 3.07. The van der Waals surface area contributed by atoms with Gasteiger partial charge in [0.05, 0.1) is 5.69 Å². The van der Waals surface area contributed by atoms with Crippen molar-refractivity contribution in [1.82, 2.24) is 9.78 Å². The highest BCUT2D eigenvalue weighted by Gasteiger charge is 2.52. The van der Waals surface area contributed by atoms with E-state index in [1.165, 1.54) is 49.9 Å². The smallest absolute Gasteiger partial charge is 0.0596 e. The first-order valence-electron chi connectivity index (χ1n) is 7.16. The summed E-state index contributed by atoms with van der Waals surface area (Å²) >= 11 is 0. The Morgan fingerprint density at radius 2 is 1.65 bits per heavy atom. The minimum absolute atomic E-state index is 0.505. The Morgan fingerprint density at radius 1 is 1.12 bits per heavy atom. The topological polar surface area (TPSA) is 17.8 Å². The lowest BCUT2D eigenvalue weighted by molar-refractivity contribution is -0.00887. The third-order valence-corrected chi connectivity index (χ3v) is 5.58. The summed E-state index contributed by atoms with van der Waals surface area (Å²) in [6, 6.07) is 2.35. The number of aromatic nitrogens is 2. The molecule has 0 amide bonds. The second kappa shape index (κ2) is 3.15. The van der Waals surface area contributed by atoms with Crippen LogP contribution >= 0.6 is 0 Å². The molecule has 4 aliphatic rings. The second-order valence-electron chi connectivity index (χ2n) is 6.99. The van der Waals surface area contributed by atoms with E-state index in [0.717, 1.165) is 17.8 Å². The predicted octanol–water partition coefficient (Wildman–Crippen LogP) is 3.20. The van der Waals surface area contributed by atoms with Gasteiger partial charge >= 0.3 is 0 Å². The quantitative estimate of drug-likeness (QED) is 0.724. The van der Waals surface area contributed by atoms with E-state index in [1.54, 1.807) is 0 Å². The van der Waals surface area contributed by atoms with E-state index in [4.69, 9.17) is 0 Å². The Balaban J connectivity index is 1.79. The van der Waals surface area contributed by atoms with Gasteiger partial charge < -0.3 is 0 Å². The van der Waals surface area contributed by atoms with Crippen LogP contribution in [0, 0.1) is 24.7 Å². The van der Waals surface area contributed by atoms with Gasteiger partial charge in [-0.1, -0.05) is 0 Å². The highest BCUT2D eigenvalue weighted by Crippen LogP contribution is 2.60. The van der Waals surface area contributed by atoms with Gasteiger partial charge in [-0.05, 0) is 69.3 Å². The van der Waals surface area contributed by atoms with Crippen LogP contribution in [0.1, 0.15) is 49.9 Å². The van der Waals surface area contributed by atoms with Crippen LogP contribution in [-0.4, -0.2) is 9.78 Å². The van der Waals surface area contributed by atoms with Gasteiger partial charge in [0, 0.05) is 18.2 Å². The molecular weight excluding hydrogens is 208 g/mol. The maximum Gasteiger partial charge on any atom is 0.0596 e. The number of hydrogen-bond acceptors (Lipinski definition) is 1. The van der Waals surface area contributed by atoms with Crippen molar-refractivity contribution in [3.05, 3.63) is 17.5 Å². The van der Waals surface area contributed by atoms with E-state index >= 15 is 0 Å². The summed E-state index contributed by atoms with van der Waals surface area (Å²) in [5.41, 5.74) is 3.23. The van der Waals surface area contributed by atoms with E-state index in [9.17, 15) is 0 Å². The molecule has 0 spiro atoms. The van der Waals surface area contributed by atoms with Crippen LogP contribution in [0.2, 0.25) is 0 Å². The van der Waals surface area contributed by atoms with Gasteiger partial charge in [-0.2, -0.15) is 5.10 Å². The third-order valence-electron chi connectivity index (χ3n) is 5.58. The summed E-state index contributed by atoms with van der Waals surface area (Å²) < 4.78 is 2.17. The Hall–Kier alpha value is -0.790. The zero-order valence-corrected chi connectivity index (χ0v) is 10.9. The SMILES string of the molecule is Cc1cc(C23CC4CC(CC(C4)C2)C3)n(C)n1. The molecule has 1 aromatic heterocycles. The first-order chi connectivity index (χ1) is 8.14. The van der Waals surface area contributed by atoms with Crippen LogP contribution < -0.4 is 0 Å². The predicted molar refractivity (Wildman–Crippen MR) is 67.8 cm³/mol. The maximum absolute atomic E-state index is 4.58. The largest absolute Gasteiger partial charge is 0.272 e. The van der Waals surface area contributed by atoms with Crippen LogP contribution in [-0.2, 0) is 12.5 Å². The molecule has 4 saturated carbocycles. The molecule has 0 radical (unpaired) electrons. The maximum atomic E-state index is 4.58. The van der Waals surface area contributed by atoms with Crippen molar-refractivity contribution in [2.24, 2.45) is 24.8 Å². The Bertz CT molecular complexity index is 422. The fourth-order valence-electron chi connectivity index (χ4n) is 5.53. The second-order valence-corrected chi connectivity index (χ2v) is 6.99. The minimum Gasteiger partial charge on any atom is -0.272 e. The van der Waals surface area contributed by atoms with Gasteiger partial charge in [-0.25, -0.2) is 0 Å². The van der Waals surface area contributed by atoms with Crippen molar-refractivity contribution in [2.45, 2.75) is 50.9 Å². The van der Waals surface area contributed by atoms with Gasteiger partial charge in [-0.3, -0.25) is 4.68 Å². The Morgan fingerprint density at radius 3 is 2.06 bits per heavy atom. The molecule has 0 saturated heterocycles. The molecule has 17 heavy (non-hydrogen) atoms. The molecule has 5 rings (SSSR count). The van der Waals surface area contributed by atoms with E-state index in [0.29, 0.717) is 5.41 Å². The monoisotopic (exact) mass is 230 g/mol. The molecule has 0 aromatic carbocycles. The average molecular weight is 230 g/mol. The highest BCUT2D eigenvalue weighted by atomic mass is 15.3. The summed E-state index contributed by atoms with van der Waals surface area (Å²) in [4.78, 5) is 0. The first-order valence-corrected chi connectivity index (χ1v) is 7.16. The van der Waals surface area contributed by atoms with E-state index in [1.807, 2.05) is 0 Å². The molecule has 0 N–H and O–H groups in total. The minimum atomic E-state index is 0.505. The Kier molecular flexibility index (Phi) is 1.88. The summed E-state index contributed by atoms with van der Waals surface area (Å²) in [6.45, 7) is 2.13. The number of hydrogen-bond donors (Lipinski definition) is 0. The summed E-state index contributed by atoms with van der Waals surface area (Å²) in [5, 5.41) is 4.58. The number of rotatable bonds is 1. The van der Waals surface area contributed by atoms with E-state index in [2.05, 4.69) is 29.8 Å². The fourth-order valence-corrected chi connectivity index (χ4v) is 5.53.